The second-order valence-corrected chi connectivity index (χ2v) is 8.38. The molecule has 0 aromatic heterocycles. The van der Waals surface area contributed by atoms with Crippen molar-refractivity contribution in [2.45, 2.75) is 83.7 Å². The van der Waals surface area contributed by atoms with Crippen LogP contribution in [0.25, 0.3) is 0 Å². The van der Waals surface area contributed by atoms with Crippen molar-refractivity contribution in [3.8, 4) is 6.07 Å². The van der Waals surface area contributed by atoms with Gasteiger partial charge in [-0.05, 0) is 75.0 Å². The first kappa shape index (κ1) is 21.7. The number of carboxylic acid groups (broad SMARTS) is 1. The summed E-state index contributed by atoms with van der Waals surface area (Å²) in [5.41, 5.74) is 0.146. The first-order valence-corrected chi connectivity index (χ1v) is 10.6. The van der Waals surface area contributed by atoms with Gasteiger partial charge in [0.25, 0.3) is 0 Å². The molecule has 0 aliphatic heterocycles. The van der Waals surface area contributed by atoms with E-state index in [4.69, 9.17) is 5.11 Å². The summed E-state index contributed by atoms with van der Waals surface area (Å²) >= 11 is 0. The fraction of sp³-hybridized carbons (Fsp3) is 0.739. The number of hydrogen-bond donors (Lipinski definition) is 2. The van der Waals surface area contributed by atoms with E-state index in [1.165, 1.54) is 6.42 Å². The van der Waals surface area contributed by atoms with Crippen molar-refractivity contribution in [3.63, 3.8) is 0 Å². The van der Waals surface area contributed by atoms with Crippen LogP contribution in [0.2, 0.25) is 0 Å². The summed E-state index contributed by atoms with van der Waals surface area (Å²) in [5.74, 6) is 0.0946. The lowest BCUT2D eigenvalue weighted by Crippen LogP contribution is -2.40. The number of allylic oxidation sites excluding steroid dienone is 3. The minimum atomic E-state index is -0.747. The van der Waals surface area contributed by atoms with Crippen molar-refractivity contribution in [2.75, 3.05) is 0 Å². The Morgan fingerprint density at radius 3 is 2.67 bits per heavy atom. The highest BCUT2D eigenvalue weighted by Gasteiger charge is 2.41. The van der Waals surface area contributed by atoms with Crippen molar-refractivity contribution in [1.29, 1.82) is 5.26 Å². The highest BCUT2D eigenvalue weighted by atomic mass is 16.4. The molecule has 0 radical (unpaired) electrons. The molecule has 0 aromatic carbocycles. The van der Waals surface area contributed by atoms with E-state index >= 15 is 0 Å². The van der Waals surface area contributed by atoms with Crippen LogP contribution < -0.4 is 0 Å². The number of rotatable bonds is 11. The molecule has 4 heteroatoms. The molecule has 0 amide bonds. The topological polar surface area (TPSA) is 81.3 Å². The summed E-state index contributed by atoms with van der Waals surface area (Å²) in [6.45, 7) is 2.18. The second-order valence-electron chi connectivity index (χ2n) is 8.38. The Bertz CT molecular complexity index is 565. The minimum Gasteiger partial charge on any atom is -0.481 e. The first-order chi connectivity index (χ1) is 13.0. The van der Waals surface area contributed by atoms with Crippen molar-refractivity contribution in [3.05, 3.63) is 24.3 Å². The zero-order valence-corrected chi connectivity index (χ0v) is 16.6. The Balaban J connectivity index is 1.82. The predicted octanol–water partition coefficient (Wildman–Crippen LogP) is 5.24. The van der Waals surface area contributed by atoms with E-state index < -0.39 is 5.97 Å². The van der Waals surface area contributed by atoms with Crippen LogP contribution in [0.1, 0.15) is 77.6 Å². The van der Waals surface area contributed by atoms with Gasteiger partial charge in [0, 0.05) is 6.42 Å². The number of aliphatic hydroxyl groups excluding tert-OH is 1. The zero-order valence-electron chi connectivity index (χ0n) is 16.6. The van der Waals surface area contributed by atoms with Gasteiger partial charge >= 0.3 is 5.97 Å². The Kier molecular flexibility index (Phi) is 8.57. The largest absolute Gasteiger partial charge is 0.481 e. The number of nitriles is 1. The average molecular weight is 374 g/mol. The molecule has 0 bridgehead atoms. The SMILES string of the molecule is CCC1(C(O)C/C=C/[C@H]2CCC(C#N)[C@@H]2C/C=C\CCCC(=O)O)CCC1. The number of aliphatic hydroxyl groups is 1. The molecule has 27 heavy (non-hydrogen) atoms. The molecule has 2 N–H and O–H groups in total. The van der Waals surface area contributed by atoms with Crippen molar-refractivity contribution < 1.29 is 15.0 Å². The van der Waals surface area contributed by atoms with Gasteiger partial charge in [0.2, 0.25) is 0 Å². The van der Waals surface area contributed by atoms with Gasteiger partial charge in [0.15, 0.2) is 0 Å². The highest BCUT2D eigenvalue weighted by molar-refractivity contribution is 5.66. The molecule has 2 aliphatic rings. The smallest absolute Gasteiger partial charge is 0.303 e. The molecular weight excluding hydrogens is 338 g/mol. The van der Waals surface area contributed by atoms with Crippen molar-refractivity contribution in [2.24, 2.45) is 23.2 Å². The lowest BCUT2D eigenvalue weighted by Gasteiger charge is -2.45. The van der Waals surface area contributed by atoms with E-state index in [-0.39, 0.29) is 23.9 Å². The standard InChI is InChI=1S/C23H35NO3/c1-2-23(15-8-16-23)21(25)11-7-9-18-13-14-19(17-24)20(18)10-5-3-4-6-12-22(26)27/h3,5,7,9,18-21,25H,2,4,6,8,10-16H2,1H3,(H,26,27)/b5-3-,9-7+/t18-,19?,20+,21?/m0/s1. The van der Waals surface area contributed by atoms with E-state index in [0.717, 1.165) is 51.4 Å². The molecule has 2 saturated carbocycles. The second kappa shape index (κ2) is 10.7. The van der Waals surface area contributed by atoms with Crippen LogP contribution >= 0.6 is 0 Å². The summed E-state index contributed by atoms with van der Waals surface area (Å²) in [4.78, 5) is 10.5. The summed E-state index contributed by atoms with van der Waals surface area (Å²) < 4.78 is 0. The van der Waals surface area contributed by atoms with Gasteiger partial charge in [-0.1, -0.05) is 37.6 Å². The summed E-state index contributed by atoms with van der Waals surface area (Å²) in [6, 6.07) is 2.47. The fourth-order valence-electron chi connectivity index (χ4n) is 4.76. The molecule has 2 unspecified atom stereocenters. The molecular formula is C23H35NO3. The summed E-state index contributed by atoms with van der Waals surface area (Å²) in [5, 5.41) is 28.7. The molecule has 4 atom stereocenters. The van der Waals surface area contributed by atoms with Crippen LogP contribution in [0.15, 0.2) is 24.3 Å². The molecule has 0 spiro atoms. The van der Waals surface area contributed by atoms with Gasteiger partial charge in [0.1, 0.15) is 0 Å². The third kappa shape index (κ3) is 5.94. The third-order valence-electron chi connectivity index (χ3n) is 6.88. The van der Waals surface area contributed by atoms with Gasteiger partial charge in [-0.2, -0.15) is 5.26 Å². The van der Waals surface area contributed by atoms with Gasteiger partial charge in [-0.3, -0.25) is 4.79 Å². The number of unbranched alkanes of at least 4 members (excludes halogenated alkanes) is 1. The Labute approximate surface area is 164 Å². The van der Waals surface area contributed by atoms with Crippen LogP contribution in [-0.2, 0) is 4.79 Å². The van der Waals surface area contributed by atoms with Crippen LogP contribution in [0.4, 0.5) is 0 Å². The van der Waals surface area contributed by atoms with E-state index in [2.05, 4.69) is 37.3 Å². The fourth-order valence-corrected chi connectivity index (χ4v) is 4.76. The highest BCUT2D eigenvalue weighted by Crippen LogP contribution is 2.48. The number of carboxylic acids is 1. The third-order valence-corrected chi connectivity index (χ3v) is 6.88. The molecule has 4 nitrogen and oxygen atoms in total. The quantitative estimate of drug-likeness (QED) is 0.383. The number of hydrogen-bond acceptors (Lipinski definition) is 3. The first-order valence-electron chi connectivity index (χ1n) is 10.6. The molecule has 0 heterocycles. The number of nitrogens with zero attached hydrogens (tertiary/aromatic N) is 1. The maximum absolute atomic E-state index is 10.6. The van der Waals surface area contributed by atoms with Crippen LogP contribution in [0, 0.1) is 34.5 Å². The number of carbonyl (C=O) groups is 1. The van der Waals surface area contributed by atoms with Crippen molar-refractivity contribution >= 4 is 5.97 Å². The Morgan fingerprint density at radius 1 is 1.30 bits per heavy atom. The lowest BCUT2D eigenvalue weighted by atomic mass is 9.63. The molecule has 2 fully saturated rings. The molecule has 2 aliphatic carbocycles. The summed E-state index contributed by atoms with van der Waals surface area (Å²) in [7, 11) is 0. The van der Waals surface area contributed by atoms with Crippen molar-refractivity contribution in [1.82, 2.24) is 0 Å². The van der Waals surface area contributed by atoms with Gasteiger partial charge in [-0.25, -0.2) is 0 Å². The molecule has 0 saturated heterocycles. The van der Waals surface area contributed by atoms with E-state index in [9.17, 15) is 15.2 Å². The van der Waals surface area contributed by atoms with Crippen LogP contribution in [0.3, 0.4) is 0 Å². The molecule has 150 valence electrons. The monoisotopic (exact) mass is 373 g/mol. The van der Waals surface area contributed by atoms with Gasteiger partial charge in [-0.15, -0.1) is 0 Å². The Hall–Kier alpha value is -1.60. The molecule has 2 rings (SSSR count). The van der Waals surface area contributed by atoms with Crippen LogP contribution in [-0.4, -0.2) is 22.3 Å². The normalized spacial score (nSPS) is 28.3. The maximum Gasteiger partial charge on any atom is 0.303 e. The minimum absolute atomic E-state index is 0.0989. The Morgan fingerprint density at radius 2 is 2.07 bits per heavy atom. The summed E-state index contributed by atoms with van der Waals surface area (Å²) in [6.07, 6.45) is 18.2. The van der Waals surface area contributed by atoms with E-state index in [0.29, 0.717) is 18.3 Å². The van der Waals surface area contributed by atoms with Crippen LogP contribution in [0.5, 0.6) is 0 Å². The zero-order chi connectivity index (χ0) is 19.7. The van der Waals surface area contributed by atoms with E-state index in [1.54, 1.807) is 0 Å². The van der Waals surface area contributed by atoms with Gasteiger partial charge in [0.05, 0.1) is 18.1 Å². The molecule has 0 aromatic rings. The van der Waals surface area contributed by atoms with E-state index in [1.807, 2.05) is 0 Å². The number of aliphatic carboxylic acids is 1. The lowest BCUT2D eigenvalue weighted by molar-refractivity contribution is -0.137. The van der Waals surface area contributed by atoms with Gasteiger partial charge < -0.3 is 10.2 Å². The average Bonchev–Trinajstić information content (AvgIpc) is 2.99. The maximum atomic E-state index is 10.6. The predicted molar refractivity (Wildman–Crippen MR) is 107 cm³/mol.